The van der Waals surface area contributed by atoms with Crippen LogP contribution in [0.1, 0.15) is 20.8 Å². The maximum absolute atomic E-state index is 5.96. The average molecular weight is 248 g/mol. The fourth-order valence-corrected chi connectivity index (χ4v) is 5.80. The van der Waals surface area contributed by atoms with Gasteiger partial charge in [-0.1, -0.05) is 38.9 Å². The maximum Gasteiger partial charge on any atom is 0.227 e. The number of pyridine rings is 1. The molecule has 2 N–H and O–H groups in total. The molecule has 0 saturated heterocycles. The van der Waals surface area contributed by atoms with Crippen molar-refractivity contribution >= 4 is 30.2 Å². The fourth-order valence-electron chi connectivity index (χ4n) is 2.49. The minimum Gasteiger partial charge on any atom is -0.448 e. The summed E-state index contributed by atoms with van der Waals surface area (Å²) in [5, 5.41) is 2.13. The molecule has 0 aliphatic heterocycles. The Morgan fingerprint density at radius 2 is 1.88 bits per heavy atom. The largest absolute Gasteiger partial charge is 0.448 e. The molecule has 0 bridgehead atoms. The van der Waals surface area contributed by atoms with Crippen LogP contribution in [0.3, 0.4) is 0 Å². The Balaban J connectivity index is 2.59. The number of aromatic nitrogens is 1. The molecule has 0 saturated carbocycles. The van der Waals surface area contributed by atoms with Crippen LogP contribution in [-0.2, 0) is 0 Å². The molecule has 3 nitrogen and oxygen atoms in total. The third kappa shape index (κ3) is 1.86. The first kappa shape index (κ1) is 12.2. The van der Waals surface area contributed by atoms with Crippen molar-refractivity contribution in [2.45, 2.75) is 38.9 Å². The first-order chi connectivity index (χ1) is 8.16. The van der Waals surface area contributed by atoms with Gasteiger partial charge in [0.2, 0.25) is 5.71 Å². The zero-order chi connectivity index (χ0) is 12.5. The van der Waals surface area contributed by atoms with Gasteiger partial charge in [-0.25, -0.2) is 4.98 Å². The van der Waals surface area contributed by atoms with Gasteiger partial charge in [0.1, 0.15) is 8.07 Å². The molecule has 2 aromatic heterocycles. The van der Waals surface area contributed by atoms with Crippen molar-refractivity contribution in [3.63, 3.8) is 0 Å². The third-order valence-electron chi connectivity index (χ3n) is 4.02. The molecule has 2 aromatic rings. The Labute approximate surface area is 103 Å². The number of rotatable bonds is 4. The van der Waals surface area contributed by atoms with E-state index in [-0.39, 0.29) is 0 Å². The van der Waals surface area contributed by atoms with Crippen LogP contribution in [0.5, 0.6) is 0 Å². The van der Waals surface area contributed by atoms with Gasteiger partial charge in [-0.05, 0) is 12.1 Å². The second-order valence-corrected chi connectivity index (χ2v) is 9.75. The first-order valence-corrected chi connectivity index (χ1v) is 8.93. The van der Waals surface area contributed by atoms with Crippen molar-refractivity contribution in [2.75, 3.05) is 5.73 Å². The Kier molecular flexibility index (Phi) is 3.24. The lowest BCUT2D eigenvalue weighted by atomic mass is 10.3. The van der Waals surface area contributed by atoms with Gasteiger partial charge in [0.05, 0.1) is 10.8 Å². The van der Waals surface area contributed by atoms with E-state index in [9.17, 15) is 0 Å². The van der Waals surface area contributed by atoms with Gasteiger partial charge in [-0.2, -0.15) is 0 Å². The van der Waals surface area contributed by atoms with E-state index >= 15 is 0 Å². The summed E-state index contributed by atoms with van der Waals surface area (Å²) in [6, 6.07) is 7.58. The molecule has 0 spiro atoms. The second-order valence-electron chi connectivity index (χ2n) is 4.57. The quantitative estimate of drug-likeness (QED) is 0.846. The predicted molar refractivity (Wildman–Crippen MR) is 75.3 cm³/mol. The van der Waals surface area contributed by atoms with Gasteiger partial charge in [-0.3, -0.25) is 0 Å². The molecule has 92 valence electrons. The van der Waals surface area contributed by atoms with E-state index in [1.54, 1.807) is 6.20 Å². The summed E-state index contributed by atoms with van der Waals surface area (Å²) in [5.74, 6) is 0. The molecule has 0 fully saturated rings. The second kappa shape index (κ2) is 4.53. The molecule has 0 radical (unpaired) electrons. The predicted octanol–water partition coefficient (Wildman–Crippen LogP) is 3.13. The molecule has 4 heteroatoms. The lowest BCUT2D eigenvalue weighted by Crippen LogP contribution is -2.44. The summed E-state index contributed by atoms with van der Waals surface area (Å²) in [5.41, 5.74) is 7.40. The lowest BCUT2D eigenvalue weighted by Gasteiger charge is -2.24. The normalized spacial score (nSPS) is 12.2. The first-order valence-electron chi connectivity index (χ1n) is 6.31. The summed E-state index contributed by atoms with van der Waals surface area (Å²) in [6.07, 6.45) is 1.71. The monoisotopic (exact) mass is 248 g/mol. The van der Waals surface area contributed by atoms with Crippen LogP contribution in [0.2, 0.25) is 18.1 Å². The highest BCUT2D eigenvalue weighted by Gasteiger charge is 2.33. The van der Waals surface area contributed by atoms with Crippen molar-refractivity contribution in [2.24, 2.45) is 0 Å². The molecule has 2 rings (SSSR count). The maximum atomic E-state index is 5.96. The molecule has 0 amide bonds. The average Bonchev–Trinajstić information content (AvgIpc) is 2.78. The summed E-state index contributed by atoms with van der Waals surface area (Å²) in [7, 11) is -1.46. The van der Waals surface area contributed by atoms with Gasteiger partial charge in [-0.15, -0.1) is 0 Å². The summed E-state index contributed by atoms with van der Waals surface area (Å²) in [4.78, 5) is 4.25. The minimum absolute atomic E-state index is 0.687. The highest BCUT2D eigenvalue weighted by molar-refractivity contribution is 6.91. The molecule has 0 aliphatic carbocycles. The topological polar surface area (TPSA) is 52.0 Å². The molecule has 0 aromatic carbocycles. The molecule has 0 unspecified atom stereocenters. The third-order valence-corrected chi connectivity index (χ3v) is 9.37. The van der Waals surface area contributed by atoms with Gasteiger partial charge in [0, 0.05) is 11.9 Å². The number of hydrogen-bond donors (Lipinski definition) is 1. The van der Waals surface area contributed by atoms with E-state index < -0.39 is 8.07 Å². The smallest absolute Gasteiger partial charge is 0.227 e. The van der Waals surface area contributed by atoms with E-state index in [4.69, 9.17) is 10.2 Å². The molecular formula is C13H20N2OSi. The van der Waals surface area contributed by atoms with Gasteiger partial charge in [0.15, 0.2) is 0 Å². The van der Waals surface area contributed by atoms with Crippen LogP contribution in [0, 0.1) is 0 Å². The Morgan fingerprint density at radius 1 is 1.24 bits per heavy atom. The highest BCUT2D eigenvalue weighted by Crippen LogP contribution is 2.25. The van der Waals surface area contributed by atoms with Crippen LogP contribution in [0.15, 0.2) is 22.7 Å². The van der Waals surface area contributed by atoms with Gasteiger partial charge < -0.3 is 10.2 Å². The fraction of sp³-hybridized carbons (Fsp3) is 0.462. The number of fused-ring (bicyclic) bond motifs is 1. The number of furan rings is 1. The zero-order valence-corrected chi connectivity index (χ0v) is 11.8. The number of nitrogens with two attached hydrogens (primary N) is 1. The van der Waals surface area contributed by atoms with E-state index in [2.05, 4.69) is 31.8 Å². The zero-order valence-electron chi connectivity index (χ0n) is 10.8. The van der Waals surface area contributed by atoms with Crippen molar-refractivity contribution in [1.29, 1.82) is 0 Å². The Morgan fingerprint density at radius 3 is 2.41 bits per heavy atom. The van der Waals surface area contributed by atoms with Gasteiger partial charge >= 0.3 is 0 Å². The van der Waals surface area contributed by atoms with E-state index in [1.165, 1.54) is 18.1 Å². The molecule has 0 aliphatic rings. The van der Waals surface area contributed by atoms with Gasteiger partial charge in [0.25, 0.3) is 0 Å². The van der Waals surface area contributed by atoms with E-state index in [0.29, 0.717) is 5.71 Å². The summed E-state index contributed by atoms with van der Waals surface area (Å²) < 4.78 is 5.96. The molecule has 17 heavy (non-hydrogen) atoms. The van der Waals surface area contributed by atoms with E-state index in [1.807, 2.05) is 6.07 Å². The Bertz CT molecular complexity index is 509. The number of nitrogen functional groups attached to an aromatic ring is 1. The lowest BCUT2D eigenvalue weighted by molar-refractivity contribution is 0.632. The van der Waals surface area contributed by atoms with Crippen LogP contribution in [-0.4, -0.2) is 13.1 Å². The molecule has 2 heterocycles. The van der Waals surface area contributed by atoms with Crippen LogP contribution >= 0.6 is 0 Å². The van der Waals surface area contributed by atoms with E-state index in [0.717, 1.165) is 16.5 Å². The van der Waals surface area contributed by atoms with Crippen LogP contribution < -0.4 is 11.1 Å². The number of hydrogen-bond acceptors (Lipinski definition) is 3. The Hall–Kier alpha value is -1.29. The minimum atomic E-state index is -1.46. The summed E-state index contributed by atoms with van der Waals surface area (Å²) in [6.45, 7) is 6.80. The van der Waals surface area contributed by atoms with Crippen molar-refractivity contribution in [3.8, 4) is 0 Å². The standard InChI is InChI=1S/C13H20N2OSi/c1-4-17(5-2,6-3)12-9-10-11(14)7-8-15-13(10)16-12/h7-9H,4-6H2,1-3H3,(H2,14,15). The van der Waals surface area contributed by atoms with Crippen molar-refractivity contribution < 1.29 is 4.42 Å². The summed E-state index contributed by atoms with van der Waals surface area (Å²) >= 11 is 0. The molecule has 0 atom stereocenters. The van der Waals surface area contributed by atoms with Crippen LogP contribution in [0.4, 0.5) is 5.69 Å². The highest BCUT2D eigenvalue weighted by atomic mass is 28.3. The number of nitrogens with zero attached hydrogens (tertiary/aromatic N) is 1. The molecular weight excluding hydrogens is 228 g/mol. The number of anilines is 1. The SMILES string of the molecule is CC[Si](CC)(CC)c1cc2c(N)ccnc2o1. The van der Waals surface area contributed by atoms with Crippen molar-refractivity contribution in [3.05, 3.63) is 18.3 Å². The van der Waals surface area contributed by atoms with Crippen LogP contribution in [0.25, 0.3) is 11.1 Å². The van der Waals surface area contributed by atoms with Crippen molar-refractivity contribution in [1.82, 2.24) is 4.98 Å².